The first-order valence-corrected chi connectivity index (χ1v) is 8.27. The maximum absolute atomic E-state index is 13.3. The molecular weight excluding hydrogens is 341 g/mol. The van der Waals surface area contributed by atoms with Gasteiger partial charge in [-0.3, -0.25) is 0 Å². The van der Waals surface area contributed by atoms with E-state index in [0.717, 1.165) is 29.7 Å². The number of halogens is 1. The van der Waals surface area contributed by atoms with Crippen LogP contribution in [0.1, 0.15) is 11.5 Å². The number of aromatic nitrogens is 1. The summed E-state index contributed by atoms with van der Waals surface area (Å²) >= 11 is 5.45. The number of likely N-dealkylation sites (tertiary alicyclic amines) is 1. The number of pyridine rings is 1. The van der Waals surface area contributed by atoms with Gasteiger partial charge < -0.3 is 19.4 Å². The molecule has 1 fully saturated rings. The Morgan fingerprint density at radius 1 is 1.36 bits per heavy atom. The van der Waals surface area contributed by atoms with Crippen LogP contribution in [0.25, 0.3) is 11.0 Å². The molecule has 4 rings (SSSR count). The molecule has 1 N–H and O–H groups in total. The van der Waals surface area contributed by atoms with Gasteiger partial charge in [-0.1, -0.05) is 0 Å². The van der Waals surface area contributed by atoms with Gasteiger partial charge in [-0.15, -0.1) is 0 Å². The number of thiocarbonyl (C=S) groups is 1. The molecule has 0 bridgehead atoms. The van der Waals surface area contributed by atoms with E-state index in [0.29, 0.717) is 22.5 Å². The van der Waals surface area contributed by atoms with E-state index in [1.165, 1.54) is 12.1 Å². The zero-order valence-electron chi connectivity index (χ0n) is 13.5. The van der Waals surface area contributed by atoms with Crippen molar-refractivity contribution >= 4 is 34.0 Å². The van der Waals surface area contributed by atoms with E-state index in [4.69, 9.17) is 21.4 Å². The second-order valence-corrected chi connectivity index (χ2v) is 6.34. The Morgan fingerprint density at radius 3 is 2.92 bits per heavy atom. The van der Waals surface area contributed by atoms with Gasteiger partial charge in [-0.05, 0) is 30.4 Å². The number of nitrogens with zero attached hydrogens (tertiary/aromatic N) is 2. The van der Waals surface area contributed by atoms with Gasteiger partial charge in [0.05, 0.1) is 25.3 Å². The molecule has 0 unspecified atom stereocenters. The van der Waals surface area contributed by atoms with Crippen LogP contribution >= 0.6 is 12.2 Å². The molecule has 2 aromatic heterocycles. The minimum atomic E-state index is -0.290. The third-order valence-electron chi connectivity index (χ3n) is 4.37. The van der Waals surface area contributed by atoms with E-state index in [1.54, 1.807) is 31.7 Å². The van der Waals surface area contributed by atoms with Crippen molar-refractivity contribution in [3.05, 3.63) is 54.2 Å². The zero-order chi connectivity index (χ0) is 17.4. The lowest BCUT2D eigenvalue weighted by Gasteiger charge is -2.40. The number of benzene rings is 1. The molecule has 25 heavy (non-hydrogen) atoms. The highest BCUT2D eigenvalue weighted by molar-refractivity contribution is 7.80. The third kappa shape index (κ3) is 3.02. The first-order chi connectivity index (χ1) is 12.1. The molecule has 0 saturated carbocycles. The Kier molecular flexibility index (Phi) is 4.01. The van der Waals surface area contributed by atoms with Crippen molar-refractivity contribution in [3.8, 4) is 5.88 Å². The lowest BCUT2D eigenvalue weighted by Crippen LogP contribution is -2.50. The highest BCUT2D eigenvalue weighted by atomic mass is 32.1. The van der Waals surface area contributed by atoms with Crippen LogP contribution in [0.5, 0.6) is 5.88 Å². The highest BCUT2D eigenvalue weighted by Gasteiger charge is 2.32. The van der Waals surface area contributed by atoms with Crippen molar-refractivity contribution in [1.29, 1.82) is 0 Å². The second-order valence-electron chi connectivity index (χ2n) is 5.95. The maximum Gasteiger partial charge on any atom is 0.213 e. The minimum absolute atomic E-state index is 0.290. The predicted molar refractivity (Wildman–Crippen MR) is 97.5 cm³/mol. The normalized spacial score (nSPS) is 14.4. The molecule has 3 heterocycles. The summed E-state index contributed by atoms with van der Waals surface area (Å²) < 4.78 is 23.8. The molecule has 5 nitrogen and oxygen atoms in total. The fourth-order valence-electron chi connectivity index (χ4n) is 2.96. The van der Waals surface area contributed by atoms with E-state index >= 15 is 0 Å². The lowest BCUT2D eigenvalue weighted by molar-refractivity contribution is 0.256. The molecule has 1 aromatic carbocycles. The number of hydrogen-bond acceptors (Lipinski definition) is 4. The van der Waals surface area contributed by atoms with Gasteiger partial charge >= 0.3 is 0 Å². The number of anilines is 1. The van der Waals surface area contributed by atoms with Crippen molar-refractivity contribution in [2.75, 3.05) is 25.5 Å². The Bertz CT molecular complexity index is 920. The fraction of sp³-hybridized carbons (Fsp3) is 0.222. The monoisotopic (exact) mass is 357 g/mol. The number of hydrogen-bond donors (Lipinski definition) is 1. The van der Waals surface area contributed by atoms with Crippen molar-refractivity contribution in [3.63, 3.8) is 0 Å². The van der Waals surface area contributed by atoms with Crippen LogP contribution in [0, 0.1) is 5.82 Å². The average molecular weight is 357 g/mol. The van der Waals surface area contributed by atoms with Crippen LogP contribution in [0.3, 0.4) is 0 Å². The second kappa shape index (κ2) is 6.33. The molecule has 0 radical (unpaired) electrons. The smallest absolute Gasteiger partial charge is 0.213 e. The van der Waals surface area contributed by atoms with E-state index in [2.05, 4.69) is 15.2 Å². The van der Waals surface area contributed by atoms with Crippen molar-refractivity contribution in [2.45, 2.75) is 5.92 Å². The standard InChI is InChI=1S/C18H16FN3O2S/c1-23-17-5-3-13(7-20-17)21-18(25)22-8-11(9-22)15-10-24-16-6-12(19)2-4-14(15)16/h2-7,10-11H,8-9H2,1H3,(H,21,25). The number of ether oxygens (including phenoxy) is 1. The van der Waals surface area contributed by atoms with Gasteiger partial charge in [-0.25, -0.2) is 9.37 Å². The summed E-state index contributed by atoms with van der Waals surface area (Å²) in [5.74, 6) is 0.589. The SMILES string of the molecule is COc1ccc(NC(=S)N2CC(c3coc4cc(F)ccc34)C2)cn1. The fourth-order valence-corrected chi connectivity index (χ4v) is 3.22. The van der Waals surface area contributed by atoms with E-state index in [1.807, 2.05) is 6.07 Å². The van der Waals surface area contributed by atoms with Crippen LogP contribution in [0.15, 0.2) is 47.2 Å². The van der Waals surface area contributed by atoms with Gasteiger partial charge in [0.2, 0.25) is 5.88 Å². The number of rotatable bonds is 3. The number of fused-ring (bicyclic) bond motifs is 1. The Balaban J connectivity index is 1.39. The first-order valence-electron chi connectivity index (χ1n) is 7.86. The van der Waals surface area contributed by atoms with Gasteiger partial charge in [-0.2, -0.15) is 0 Å². The van der Waals surface area contributed by atoms with Crippen LogP contribution in [-0.2, 0) is 0 Å². The Hall–Kier alpha value is -2.67. The van der Waals surface area contributed by atoms with Crippen LogP contribution in [0.4, 0.5) is 10.1 Å². The van der Waals surface area contributed by atoms with Gasteiger partial charge in [0.25, 0.3) is 0 Å². The van der Waals surface area contributed by atoms with Crippen LogP contribution in [-0.4, -0.2) is 35.2 Å². The van der Waals surface area contributed by atoms with Gasteiger partial charge in [0, 0.05) is 42.1 Å². The van der Waals surface area contributed by atoms with Crippen molar-refractivity contribution < 1.29 is 13.5 Å². The topological polar surface area (TPSA) is 50.5 Å². The number of methoxy groups -OCH3 is 1. The molecule has 0 amide bonds. The summed E-state index contributed by atoms with van der Waals surface area (Å²) in [6, 6.07) is 8.29. The van der Waals surface area contributed by atoms with E-state index in [-0.39, 0.29) is 5.82 Å². The molecule has 128 valence electrons. The first kappa shape index (κ1) is 15.8. The van der Waals surface area contributed by atoms with Crippen molar-refractivity contribution in [2.24, 2.45) is 0 Å². The molecule has 0 aliphatic carbocycles. The lowest BCUT2D eigenvalue weighted by atomic mass is 9.91. The van der Waals surface area contributed by atoms with Gasteiger partial charge in [0.15, 0.2) is 5.11 Å². The van der Waals surface area contributed by atoms with E-state index in [9.17, 15) is 4.39 Å². The maximum atomic E-state index is 13.3. The van der Waals surface area contributed by atoms with Crippen LogP contribution < -0.4 is 10.1 Å². The quantitative estimate of drug-likeness (QED) is 0.720. The molecule has 0 spiro atoms. The molecular formula is C18H16FN3O2S. The zero-order valence-corrected chi connectivity index (χ0v) is 14.3. The molecule has 1 saturated heterocycles. The number of furan rings is 1. The molecule has 0 atom stereocenters. The largest absolute Gasteiger partial charge is 0.481 e. The summed E-state index contributed by atoms with van der Waals surface area (Å²) in [5.41, 5.74) is 2.50. The average Bonchev–Trinajstić information content (AvgIpc) is 2.97. The summed E-state index contributed by atoms with van der Waals surface area (Å²) in [6.45, 7) is 1.59. The molecule has 3 aromatic rings. The van der Waals surface area contributed by atoms with Gasteiger partial charge in [0.1, 0.15) is 11.4 Å². The molecule has 7 heteroatoms. The summed E-state index contributed by atoms with van der Waals surface area (Å²) in [7, 11) is 1.58. The number of nitrogens with one attached hydrogen (secondary N) is 1. The Morgan fingerprint density at radius 2 is 2.20 bits per heavy atom. The highest BCUT2D eigenvalue weighted by Crippen LogP contribution is 2.34. The Labute approximate surface area is 149 Å². The summed E-state index contributed by atoms with van der Waals surface area (Å²) in [4.78, 5) is 6.22. The third-order valence-corrected chi connectivity index (χ3v) is 4.73. The minimum Gasteiger partial charge on any atom is -0.481 e. The summed E-state index contributed by atoms with van der Waals surface area (Å²) in [5, 5.41) is 4.79. The van der Waals surface area contributed by atoms with Crippen molar-refractivity contribution in [1.82, 2.24) is 9.88 Å². The van der Waals surface area contributed by atoms with E-state index < -0.39 is 0 Å². The van der Waals surface area contributed by atoms with Crippen LogP contribution in [0.2, 0.25) is 0 Å². The molecule has 1 aliphatic rings. The summed E-state index contributed by atoms with van der Waals surface area (Å²) in [6.07, 6.45) is 3.40. The molecule has 1 aliphatic heterocycles. The predicted octanol–water partition coefficient (Wildman–Crippen LogP) is 3.77.